The Morgan fingerprint density at radius 1 is 0.833 bits per heavy atom. The lowest BCUT2D eigenvalue weighted by Crippen LogP contribution is -2.24. The van der Waals surface area contributed by atoms with Crippen molar-refractivity contribution in [1.29, 1.82) is 0 Å². The molecule has 0 saturated carbocycles. The quantitative estimate of drug-likeness (QED) is 0.106. The number of carbonyl (C=O) groups is 1. The third kappa shape index (κ3) is 18.7. The summed E-state index contributed by atoms with van der Waals surface area (Å²) in [5.74, 6) is 1.57. The van der Waals surface area contributed by atoms with Gasteiger partial charge in [-0.25, -0.2) is 0 Å². The molecule has 0 aromatic rings. The lowest BCUT2D eigenvalue weighted by atomic mass is 10.1. The summed E-state index contributed by atoms with van der Waals surface area (Å²) in [4.78, 5) is 11.9. The zero-order valence-corrected chi connectivity index (χ0v) is 21.4. The SMILES string of the molecule is CCCCCCCC/C=C/CCCCCCCCNC(=O)CCCCC1CCSS1. The van der Waals surface area contributed by atoms with E-state index in [-0.39, 0.29) is 5.91 Å². The molecule has 30 heavy (non-hydrogen) atoms. The van der Waals surface area contributed by atoms with Crippen molar-refractivity contribution in [1.82, 2.24) is 5.32 Å². The van der Waals surface area contributed by atoms with Gasteiger partial charge in [-0.2, -0.15) is 0 Å². The maximum absolute atomic E-state index is 11.9. The van der Waals surface area contributed by atoms with E-state index in [0.29, 0.717) is 0 Å². The van der Waals surface area contributed by atoms with Crippen LogP contribution >= 0.6 is 21.6 Å². The summed E-state index contributed by atoms with van der Waals surface area (Å²) in [6.45, 7) is 3.15. The smallest absolute Gasteiger partial charge is 0.219 e. The average Bonchev–Trinajstić information content (AvgIpc) is 3.27. The Bertz CT molecular complexity index is 408. The van der Waals surface area contributed by atoms with E-state index in [1.54, 1.807) is 0 Å². The van der Waals surface area contributed by atoms with Crippen LogP contribution in [-0.4, -0.2) is 23.5 Å². The van der Waals surface area contributed by atoms with Crippen LogP contribution in [0.15, 0.2) is 12.2 Å². The molecular formula is C26H49NOS2. The first-order valence-corrected chi connectivity index (χ1v) is 15.4. The Labute approximate surface area is 196 Å². The van der Waals surface area contributed by atoms with E-state index < -0.39 is 0 Å². The third-order valence-electron chi connectivity index (χ3n) is 5.92. The number of carbonyl (C=O) groups excluding carboxylic acids is 1. The monoisotopic (exact) mass is 455 g/mol. The molecule has 0 aliphatic carbocycles. The molecule has 0 aromatic carbocycles. The highest BCUT2D eigenvalue weighted by Crippen LogP contribution is 2.39. The first kappa shape index (κ1) is 27.9. The second-order valence-electron chi connectivity index (χ2n) is 8.86. The largest absolute Gasteiger partial charge is 0.356 e. The minimum atomic E-state index is 0.260. The fourth-order valence-electron chi connectivity index (χ4n) is 3.91. The van der Waals surface area contributed by atoms with E-state index in [4.69, 9.17) is 0 Å². The van der Waals surface area contributed by atoms with Crippen LogP contribution in [-0.2, 0) is 4.79 Å². The van der Waals surface area contributed by atoms with Gasteiger partial charge in [-0.1, -0.05) is 105 Å². The van der Waals surface area contributed by atoms with Crippen molar-refractivity contribution in [2.75, 3.05) is 12.3 Å². The van der Waals surface area contributed by atoms with E-state index in [0.717, 1.165) is 31.1 Å². The molecular weight excluding hydrogens is 406 g/mol. The molecule has 1 atom stereocenters. The van der Waals surface area contributed by atoms with Crippen molar-refractivity contribution in [2.45, 2.75) is 134 Å². The van der Waals surface area contributed by atoms with Crippen molar-refractivity contribution in [3.05, 3.63) is 12.2 Å². The molecule has 1 unspecified atom stereocenters. The number of allylic oxidation sites excluding steroid dienone is 2. The molecule has 1 amide bonds. The molecule has 1 aliphatic heterocycles. The van der Waals surface area contributed by atoms with Crippen molar-refractivity contribution in [3.8, 4) is 0 Å². The van der Waals surface area contributed by atoms with Gasteiger partial charge in [-0.15, -0.1) is 0 Å². The summed E-state index contributed by atoms with van der Waals surface area (Å²) in [5, 5.41) is 3.95. The highest BCUT2D eigenvalue weighted by Gasteiger charge is 2.15. The Hall–Kier alpha value is -0.0900. The zero-order chi connectivity index (χ0) is 21.5. The van der Waals surface area contributed by atoms with Crippen LogP contribution in [0.3, 0.4) is 0 Å². The highest BCUT2D eigenvalue weighted by atomic mass is 33.1. The van der Waals surface area contributed by atoms with Gasteiger partial charge in [0.1, 0.15) is 0 Å². The Kier molecular flexibility index (Phi) is 20.6. The van der Waals surface area contributed by atoms with E-state index >= 15 is 0 Å². The van der Waals surface area contributed by atoms with Crippen LogP contribution in [0.2, 0.25) is 0 Å². The first-order valence-electron chi connectivity index (χ1n) is 13.0. The molecule has 4 heteroatoms. The number of hydrogen-bond donors (Lipinski definition) is 1. The zero-order valence-electron chi connectivity index (χ0n) is 19.8. The number of amides is 1. The fraction of sp³-hybridized carbons (Fsp3) is 0.885. The molecule has 176 valence electrons. The van der Waals surface area contributed by atoms with Crippen LogP contribution in [0.4, 0.5) is 0 Å². The molecule has 0 spiro atoms. The molecule has 1 fully saturated rings. The standard InChI is InChI=1S/C26H49NOS2/c1-2-3-4-5-6-7-8-9-10-11-12-13-14-15-16-19-23-27-26(28)21-18-17-20-25-22-24-29-30-25/h9-10,25H,2-8,11-24H2,1H3,(H,27,28)/b10-9+. The molecule has 1 saturated heterocycles. The van der Waals surface area contributed by atoms with Gasteiger partial charge >= 0.3 is 0 Å². The Morgan fingerprint density at radius 3 is 2.10 bits per heavy atom. The van der Waals surface area contributed by atoms with Gasteiger partial charge in [0.05, 0.1) is 0 Å². The van der Waals surface area contributed by atoms with Gasteiger partial charge in [0.25, 0.3) is 0 Å². The van der Waals surface area contributed by atoms with E-state index in [1.165, 1.54) is 108 Å². The van der Waals surface area contributed by atoms with Crippen LogP contribution in [0.25, 0.3) is 0 Å². The summed E-state index contributed by atoms with van der Waals surface area (Å²) in [5.41, 5.74) is 0. The molecule has 1 rings (SSSR count). The average molecular weight is 456 g/mol. The summed E-state index contributed by atoms with van der Waals surface area (Å²) in [6.07, 6.45) is 29.1. The van der Waals surface area contributed by atoms with Crippen LogP contribution < -0.4 is 5.32 Å². The second kappa shape index (κ2) is 22.1. The third-order valence-corrected chi connectivity index (χ3v) is 8.92. The maximum Gasteiger partial charge on any atom is 0.219 e. The Morgan fingerprint density at radius 2 is 1.47 bits per heavy atom. The van der Waals surface area contributed by atoms with E-state index in [2.05, 4.69) is 24.4 Å². The number of rotatable bonds is 21. The summed E-state index contributed by atoms with van der Waals surface area (Å²) in [7, 11) is 4.06. The lowest BCUT2D eigenvalue weighted by molar-refractivity contribution is -0.121. The minimum Gasteiger partial charge on any atom is -0.356 e. The van der Waals surface area contributed by atoms with Gasteiger partial charge in [0.2, 0.25) is 5.91 Å². The summed E-state index contributed by atoms with van der Waals surface area (Å²) >= 11 is 0. The first-order chi connectivity index (χ1) is 14.8. The normalized spacial score (nSPS) is 16.5. The number of unbranched alkanes of at least 4 members (excludes halogenated alkanes) is 13. The Balaban J connectivity index is 1.72. The minimum absolute atomic E-state index is 0.260. The van der Waals surface area contributed by atoms with Crippen LogP contribution in [0.1, 0.15) is 129 Å². The van der Waals surface area contributed by atoms with Gasteiger partial charge in [0, 0.05) is 24.0 Å². The second-order valence-corrected chi connectivity index (χ2v) is 11.6. The number of hydrogen-bond acceptors (Lipinski definition) is 3. The van der Waals surface area contributed by atoms with Crippen LogP contribution in [0.5, 0.6) is 0 Å². The molecule has 0 aromatic heterocycles. The predicted octanol–water partition coefficient (Wildman–Crippen LogP) is 8.85. The van der Waals surface area contributed by atoms with Crippen molar-refractivity contribution >= 4 is 27.5 Å². The van der Waals surface area contributed by atoms with Gasteiger partial charge < -0.3 is 5.32 Å². The maximum atomic E-state index is 11.9. The van der Waals surface area contributed by atoms with Gasteiger partial charge in [-0.05, 0) is 51.4 Å². The van der Waals surface area contributed by atoms with Crippen molar-refractivity contribution < 1.29 is 4.79 Å². The molecule has 0 bridgehead atoms. The fourth-order valence-corrected chi connectivity index (χ4v) is 6.94. The van der Waals surface area contributed by atoms with Crippen molar-refractivity contribution in [2.24, 2.45) is 0 Å². The van der Waals surface area contributed by atoms with Gasteiger partial charge in [0.15, 0.2) is 0 Å². The number of nitrogens with one attached hydrogen (secondary N) is 1. The predicted molar refractivity (Wildman–Crippen MR) is 139 cm³/mol. The summed E-state index contributed by atoms with van der Waals surface area (Å²) < 4.78 is 0. The highest BCUT2D eigenvalue weighted by molar-refractivity contribution is 8.77. The summed E-state index contributed by atoms with van der Waals surface area (Å²) in [6, 6.07) is 0. The van der Waals surface area contributed by atoms with E-state index in [9.17, 15) is 4.79 Å². The van der Waals surface area contributed by atoms with E-state index in [1.807, 2.05) is 21.6 Å². The molecule has 1 aliphatic rings. The topological polar surface area (TPSA) is 29.1 Å². The molecule has 0 radical (unpaired) electrons. The lowest BCUT2D eigenvalue weighted by Gasteiger charge is -2.07. The van der Waals surface area contributed by atoms with Crippen molar-refractivity contribution in [3.63, 3.8) is 0 Å². The van der Waals surface area contributed by atoms with Crippen LogP contribution in [0, 0.1) is 0 Å². The molecule has 1 heterocycles. The van der Waals surface area contributed by atoms with Gasteiger partial charge in [-0.3, -0.25) is 4.79 Å². The molecule has 1 N–H and O–H groups in total. The molecule has 2 nitrogen and oxygen atoms in total.